The fraction of sp³-hybridized carbons (Fsp3) is 0.545. The number of H-pyrrole nitrogens is 1. The van der Waals surface area contributed by atoms with E-state index in [4.69, 9.17) is 3.63 Å². The predicted molar refractivity (Wildman–Crippen MR) is 86.0 cm³/mol. The largest absolute Gasteiger partial charge is 0.348 e. The molecule has 1 fully saturated rings. The molecule has 0 amide bonds. The first-order valence-electron chi connectivity index (χ1n) is 7.19. The zero-order valence-corrected chi connectivity index (χ0v) is 14.5. The van der Waals surface area contributed by atoms with E-state index in [1.165, 1.54) is 16.8 Å². The second-order valence-electron chi connectivity index (χ2n) is 5.21. The van der Waals surface area contributed by atoms with Gasteiger partial charge in [0.2, 0.25) is 5.78 Å². The zero-order chi connectivity index (χ0) is 17.2. The van der Waals surface area contributed by atoms with Gasteiger partial charge in [-0.15, -0.1) is 0 Å². The third-order valence-corrected chi connectivity index (χ3v) is 5.36. The summed E-state index contributed by atoms with van der Waals surface area (Å²) >= 11 is 0.489. The predicted octanol–water partition coefficient (Wildman–Crippen LogP) is -0.824. The second kappa shape index (κ2) is 7.16. The van der Waals surface area contributed by atoms with E-state index in [9.17, 15) is 13.2 Å². The summed E-state index contributed by atoms with van der Waals surface area (Å²) in [5, 5.41) is 10.2. The van der Waals surface area contributed by atoms with Gasteiger partial charge in [0.1, 0.15) is 11.4 Å². The van der Waals surface area contributed by atoms with E-state index < -0.39 is 10.3 Å². The lowest BCUT2D eigenvalue weighted by atomic mass is 10.4. The minimum absolute atomic E-state index is 0.0958. The van der Waals surface area contributed by atoms with Crippen LogP contribution in [0.3, 0.4) is 0 Å². The highest BCUT2D eigenvalue weighted by molar-refractivity contribution is 8.03. The van der Waals surface area contributed by atoms with Crippen molar-refractivity contribution < 1.29 is 12.0 Å². The molecule has 13 heteroatoms. The molecule has 0 unspecified atom stereocenters. The first-order chi connectivity index (χ1) is 11.4. The Kier molecular flexibility index (Phi) is 5.17. The van der Waals surface area contributed by atoms with Crippen LogP contribution >= 0.6 is 12.0 Å². The molecule has 11 nitrogen and oxygen atoms in total. The number of hydrazine groups is 1. The minimum Gasteiger partial charge on any atom is -0.269 e. The van der Waals surface area contributed by atoms with Gasteiger partial charge in [0.05, 0.1) is 18.7 Å². The summed E-state index contributed by atoms with van der Waals surface area (Å²) in [6.45, 7) is 1.91. The minimum atomic E-state index is -3.99. The molecule has 0 aromatic carbocycles. The van der Waals surface area contributed by atoms with Crippen molar-refractivity contribution in [3.8, 4) is 0 Å². The Hall–Kier alpha value is -1.51. The number of fused-ring (bicyclic) bond motifs is 1. The zero-order valence-electron chi connectivity index (χ0n) is 12.9. The molecule has 1 aliphatic heterocycles. The molecule has 0 atom stereocenters. The number of aromatic nitrogens is 4. The molecule has 3 rings (SSSR count). The summed E-state index contributed by atoms with van der Waals surface area (Å²) in [6.07, 6.45) is 3.48. The molecule has 3 heterocycles. The lowest BCUT2D eigenvalue weighted by Crippen LogP contribution is -2.44. The van der Waals surface area contributed by atoms with Crippen molar-refractivity contribution in [3.05, 3.63) is 22.7 Å². The van der Waals surface area contributed by atoms with Crippen molar-refractivity contribution in [1.82, 2.24) is 34.3 Å². The quantitative estimate of drug-likeness (QED) is 0.362. The summed E-state index contributed by atoms with van der Waals surface area (Å²) in [4.78, 5) is 15.8. The van der Waals surface area contributed by atoms with Crippen LogP contribution in [0.1, 0.15) is 12.8 Å². The topological polar surface area (TPSA) is 125 Å². The molecule has 2 N–H and O–H groups in total. The van der Waals surface area contributed by atoms with Crippen LogP contribution in [0.5, 0.6) is 0 Å². The first kappa shape index (κ1) is 17.3. The van der Waals surface area contributed by atoms with E-state index >= 15 is 0 Å². The standard InChI is InChI=1S/C11H17N7O4S2/c1-16(17-4-2-3-5-17)8-13-24(20,21)22-23-9-6-10(19)18-7-12-15-11(18)14-9/h6-7,13H,2-5,8H2,1H3,(H,14,15). The maximum absolute atomic E-state index is 11.9. The highest BCUT2D eigenvalue weighted by atomic mass is 32.3. The van der Waals surface area contributed by atoms with Gasteiger partial charge >= 0.3 is 10.3 Å². The summed E-state index contributed by atoms with van der Waals surface area (Å²) < 4.78 is 32.1. The van der Waals surface area contributed by atoms with Gasteiger partial charge in [0, 0.05) is 26.2 Å². The van der Waals surface area contributed by atoms with Crippen LogP contribution in [-0.2, 0) is 13.9 Å². The van der Waals surface area contributed by atoms with Crippen molar-refractivity contribution in [2.45, 2.75) is 17.9 Å². The normalized spacial score (nSPS) is 16.4. The van der Waals surface area contributed by atoms with E-state index in [1.54, 1.807) is 12.1 Å². The van der Waals surface area contributed by atoms with Gasteiger partial charge in [-0.2, -0.15) is 21.9 Å². The Balaban J connectivity index is 1.56. The van der Waals surface area contributed by atoms with Gasteiger partial charge in [-0.1, -0.05) is 0 Å². The molecule has 2 aromatic rings. The molecule has 1 aliphatic rings. The van der Waals surface area contributed by atoms with Gasteiger partial charge in [0.15, 0.2) is 0 Å². The average Bonchev–Trinajstić information content (AvgIpc) is 3.22. The van der Waals surface area contributed by atoms with Crippen molar-refractivity contribution in [3.63, 3.8) is 0 Å². The van der Waals surface area contributed by atoms with E-state index in [2.05, 4.69) is 24.9 Å². The number of hydrogen-bond acceptors (Lipinski definition) is 9. The first-order valence-corrected chi connectivity index (χ1v) is 9.34. The van der Waals surface area contributed by atoms with Crippen LogP contribution in [0.25, 0.3) is 5.78 Å². The van der Waals surface area contributed by atoms with Crippen molar-refractivity contribution >= 4 is 28.1 Å². The highest BCUT2D eigenvalue weighted by Crippen LogP contribution is 2.17. The molecule has 132 valence electrons. The van der Waals surface area contributed by atoms with Crippen molar-refractivity contribution in [2.75, 3.05) is 26.8 Å². The van der Waals surface area contributed by atoms with Crippen LogP contribution < -0.4 is 10.3 Å². The number of nitrogens with one attached hydrogen (secondary N) is 2. The highest BCUT2D eigenvalue weighted by Gasteiger charge is 2.19. The Morgan fingerprint density at radius 2 is 2.21 bits per heavy atom. The fourth-order valence-electron chi connectivity index (χ4n) is 2.27. The Morgan fingerprint density at radius 3 is 2.96 bits per heavy atom. The molecule has 1 saturated heterocycles. The smallest absolute Gasteiger partial charge is 0.269 e. The molecular formula is C11H17N7O4S2. The lowest BCUT2D eigenvalue weighted by molar-refractivity contribution is 0.0225. The van der Waals surface area contributed by atoms with Crippen molar-refractivity contribution in [1.29, 1.82) is 0 Å². The molecule has 0 spiro atoms. The van der Waals surface area contributed by atoms with E-state index in [0.29, 0.717) is 12.0 Å². The molecule has 0 aliphatic carbocycles. The summed E-state index contributed by atoms with van der Waals surface area (Å²) in [5.74, 6) is 0.202. The van der Waals surface area contributed by atoms with Crippen LogP contribution in [0.2, 0.25) is 0 Å². The molecule has 0 saturated carbocycles. The Morgan fingerprint density at radius 1 is 1.46 bits per heavy atom. The third-order valence-electron chi connectivity index (χ3n) is 3.51. The Labute approximate surface area is 142 Å². The molecule has 2 aromatic heterocycles. The van der Waals surface area contributed by atoms with E-state index in [1.807, 2.05) is 0 Å². The Bertz CT molecular complexity index is 859. The molecule has 0 bridgehead atoms. The van der Waals surface area contributed by atoms with Crippen LogP contribution in [0, 0.1) is 0 Å². The fourth-order valence-corrected chi connectivity index (χ4v) is 3.71. The monoisotopic (exact) mass is 375 g/mol. The third kappa shape index (κ3) is 4.12. The lowest BCUT2D eigenvalue weighted by Gasteiger charge is -2.27. The van der Waals surface area contributed by atoms with Gasteiger partial charge in [0.25, 0.3) is 5.56 Å². The SMILES string of the molecule is CN(CNS(=O)(=O)OSc1cc(=O)n2cn[nH]c2n1)N1CCCC1. The van der Waals surface area contributed by atoms with Crippen LogP contribution in [0.4, 0.5) is 0 Å². The number of nitrogens with zero attached hydrogens (tertiary/aromatic N) is 5. The molecular weight excluding hydrogens is 358 g/mol. The number of rotatable bonds is 7. The number of hydrogen-bond donors (Lipinski definition) is 2. The number of aromatic amines is 1. The summed E-state index contributed by atoms with van der Waals surface area (Å²) in [6, 6.07) is 1.17. The maximum Gasteiger partial charge on any atom is 0.348 e. The summed E-state index contributed by atoms with van der Waals surface area (Å²) in [5.41, 5.74) is -0.390. The van der Waals surface area contributed by atoms with E-state index in [-0.39, 0.29) is 23.0 Å². The second-order valence-corrected chi connectivity index (χ2v) is 7.54. The average molecular weight is 375 g/mol. The molecule has 24 heavy (non-hydrogen) atoms. The summed E-state index contributed by atoms with van der Waals surface area (Å²) in [7, 11) is -2.19. The van der Waals surface area contributed by atoms with Crippen molar-refractivity contribution in [2.24, 2.45) is 0 Å². The van der Waals surface area contributed by atoms with Gasteiger partial charge in [-0.3, -0.25) is 4.79 Å². The molecule has 0 radical (unpaired) electrons. The maximum atomic E-state index is 11.9. The van der Waals surface area contributed by atoms with Gasteiger partial charge in [-0.25, -0.2) is 24.5 Å². The van der Waals surface area contributed by atoms with Crippen LogP contribution in [0.15, 0.2) is 22.2 Å². The van der Waals surface area contributed by atoms with Gasteiger partial charge < -0.3 is 0 Å². The van der Waals surface area contributed by atoms with E-state index in [0.717, 1.165) is 25.9 Å². The van der Waals surface area contributed by atoms with Gasteiger partial charge in [-0.05, 0) is 12.8 Å². The van der Waals surface area contributed by atoms with Crippen LogP contribution in [-0.4, -0.2) is 64.8 Å².